The van der Waals surface area contributed by atoms with Crippen molar-refractivity contribution in [2.45, 2.75) is 25.2 Å². The number of carbonyl (C=O) groups excluding carboxylic acids is 3. The van der Waals surface area contributed by atoms with Gasteiger partial charge in [-0.15, -0.1) is 0 Å². The third kappa shape index (κ3) is 4.81. The molecule has 188 valence electrons. The Morgan fingerprint density at radius 3 is 2.65 bits per heavy atom. The Labute approximate surface area is 209 Å². The smallest absolute Gasteiger partial charge is 0.250 e. The Morgan fingerprint density at radius 1 is 1.11 bits per heavy atom. The molecule has 1 fully saturated rings. The Morgan fingerprint density at radius 2 is 1.95 bits per heavy atom. The molecule has 0 spiro atoms. The van der Waals surface area contributed by atoms with Gasteiger partial charge in [0.25, 0.3) is 5.91 Å². The molecule has 0 saturated carbocycles. The minimum absolute atomic E-state index is 0.0710. The molecule has 12 heteroatoms. The molecule has 4 heterocycles. The highest BCUT2D eigenvalue weighted by Gasteiger charge is 2.40. The summed E-state index contributed by atoms with van der Waals surface area (Å²) in [4.78, 5) is 43.3. The van der Waals surface area contributed by atoms with Gasteiger partial charge in [0.15, 0.2) is 0 Å². The van der Waals surface area contributed by atoms with E-state index in [1.54, 1.807) is 35.2 Å². The number of pyridine rings is 1. The molecular weight excluding hydrogens is 481 g/mol. The molecule has 0 unspecified atom stereocenters. The lowest BCUT2D eigenvalue weighted by Gasteiger charge is -2.24. The quantitative estimate of drug-likeness (QED) is 0.363. The summed E-state index contributed by atoms with van der Waals surface area (Å²) in [6.45, 7) is -0.463. The summed E-state index contributed by atoms with van der Waals surface area (Å²) in [6, 6.07) is 8.84. The molecule has 0 radical (unpaired) electrons. The highest BCUT2D eigenvalue weighted by Crippen LogP contribution is 2.29. The number of hydrogen-bond donors (Lipinski definition) is 3. The number of alkyl halides is 1. The number of halogens is 1. The zero-order valence-electron chi connectivity index (χ0n) is 19.4. The van der Waals surface area contributed by atoms with Crippen LogP contribution in [-0.4, -0.2) is 66.2 Å². The van der Waals surface area contributed by atoms with Gasteiger partial charge in [0.05, 0.1) is 30.7 Å². The number of nitrogens with one attached hydrogen (secondary N) is 1. The van der Waals surface area contributed by atoms with Crippen LogP contribution in [0.5, 0.6) is 5.75 Å². The zero-order valence-corrected chi connectivity index (χ0v) is 19.4. The molecule has 2 atom stereocenters. The van der Waals surface area contributed by atoms with E-state index in [-0.39, 0.29) is 36.6 Å². The van der Waals surface area contributed by atoms with Gasteiger partial charge in [0.2, 0.25) is 11.8 Å². The van der Waals surface area contributed by atoms with Gasteiger partial charge in [-0.1, -0.05) is 6.07 Å². The van der Waals surface area contributed by atoms with Gasteiger partial charge in [0, 0.05) is 29.1 Å². The summed E-state index contributed by atoms with van der Waals surface area (Å²) in [7, 11) is 0. The number of amides is 3. The Kier molecular flexibility index (Phi) is 6.22. The van der Waals surface area contributed by atoms with Crippen LogP contribution in [0, 0.1) is 0 Å². The van der Waals surface area contributed by atoms with Crippen LogP contribution < -0.4 is 11.1 Å². The summed E-state index contributed by atoms with van der Waals surface area (Å²) < 4.78 is 15.9. The standard InChI is InChI=1S/C25H22FN7O4/c26-16-8-21(25(37)31-22-4-2-17(34)10-28-22)33(11-16)23(35)13-32-12-19(24(27)36)18-7-14(1-3-20(18)32)15-5-6-29-30-9-15/h1-7,9-10,12,16,21,34H,8,11,13H2,(H2,27,36)(H,28,31,37)/t16-,21+/m1/s1. The van der Waals surface area contributed by atoms with Crippen molar-refractivity contribution in [3.05, 3.63) is 66.7 Å². The van der Waals surface area contributed by atoms with Crippen molar-refractivity contribution < 1.29 is 23.9 Å². The van der Waals surface area contributed by atoms with Crippen molar-refractivity contribution in [2.24, 2.45) is 5.73 Å². The highest BCUT2D eigenvalue weighted by atomic mass is 19.1. The van der Waals surface area contributed by atoms with E-state index in [9.17, 15) is 23.9 Å². The van der Waals surface area contributed by atoms with Gasteiger partial charge >= 0.3 is 0 Å². The van der Waals surface area contributed by atoms with Crippen LogP contribution in [0.4, 0.5) is 10.2 Å². The Bertz CT molecular complexity index is 1490. The summed E-state index contributed by atoms with van der Waals surface area (Å²) in [5.74, 6) is -1.64. The first-order valence-electron chi connectivity index (χ1n) is 11.4. The van der Waals surface area contributed by atoms with Crippen LogP contribution in [0.3, 0.4) is 0 Å². The Balaban J connectivity index is 1.40. The second-order valence-electron chi connectivity index (χ2n) is 8.68. The number of fused-ring (bicyclic) bond motifs is 1. The van der Waals surface area contributed by atoms with E-state index < -0.39 is 29.9 Å². The first-order chi connectivity index (χ1) is 17.8. The van der Waals surface area contributed by atoms with Crippen LogP contribution in [0.2, 0.25) is 0 Å². The number of likely N-dealkylation sites (tertiary alicyclic amines) is 1. The third-order valence-corrected chi connectivity index (χ3v) is 6.24. The van der Waals surface area contributed by atoms with Gasteiger partial charge < -0.3 is 25.6 Å². The molecule has 4 aromatic rings. The van der Waals surface area contributed by atoms with E-state index in [1.165, 1.54) is 23.2 Å². The number of primary amides is 1. The zero-order chi connectivity index (χ0) is 26.1. The fourth-order valence-electron chi connectivity index (χ4n) is 4.48. The number of nitrogens with two attached hydrogens (primary N) is 1. The summed E-state index contributed by atoms with van der Waals surface area (Å²) >= 11 is 0. The first kappa shape index (κ1) is 23.9. The number of carbonyl (C=O) groups is 3. The first-order valence-corrected chi connectivity index (χ1v) is 11.4. The lowest BCUT2D eigenvalue weighted by molar-refractivity contribution is -0.137. The number of benzene rings is 1. The van der Waals surface area contributed by atoms with E-state index in [0.29, 0.717) is 10.9 Å². The van der Waals surface area contributed by atoms with E-state index >= 15 is 0 Å². The number of hydrogen-bond acceptors (Lipinski definition) is 7. The molecule has 1 aromatic carbocycles. The monoisotopic (exact) mass is 503 g/mol. The molecule has 0 aliphatic carbocycles. The minimum Gasteiger partial charge on any atom is -0.506 e. The number of aromatic nitrogens is 4. The fourth-order valence-corrected chi connectivity index (χ4v) is 4.48. The van der Waals surface area contributed by atoms with Crippen molar-refractivity contribution in [2.75, 3.05) is 11.9 Å². The fraction of sp³-hybridized carbons (Fsp3) is 0.200. The third-order valence-electron chi connectivity index (χ3n) is 6.24. The topological polar surface area (TPSA) is 156 Å². The van der Waals surface area contributed by atoms with Crippen molar-refractivity contribution >= 4 is 34.4 Å². The predicted octanol–water partition coefficient (Wildman–Crippen LogP) is 1.88. The van der Waals surface area contributed by atoms with E-state index in [1.807, 2.05) is 6.07 Å². The molecule has 3 amide bonds. The number of nitrogens with zero attached hydrogens (tertiary/aromatic N) is 5. The molecule has 37 heavy (non-hydrogen) atoms. The molecule has 3 aromatic heterocycles. The molecule has 4 N–H and O–H groups in total. The van der Waals surface area contributed by atoms with Crippen molar-refractivity contribution in [1.29, 1.82) is 0 Å². The Hall–Kier alpha value is -4.87. The van der Waals surface area contributed by atoms with Crippen LogP contribution in [0.25, 0.3) is 22.0 Å². The molecule has 1 aliphatic heterocycles. The molecule has 1 aliphatic rings. The molecule has 5 rings (SSSR count). The predicted molar refractivity (Wildman–Crippen MR) is 131 cm³/mol. The van der Waals surface area contributed by atoms with Gasteiger partial charge in [0.1, 0.15) is 30.3 Å². The maximum Gasteiger partial charge on any atom is 0.250 e. The summed E-state index contributed by atoms with van der Waals surface area (Å²) in [6.07, 6.45) is 4.26. The van der Waals surface area contributed by atoms with Gasteiger partial charge in [-0.2, -0.15) is 10.2 Å². The highest BCUT2D eigenvalue weighted by molar-refractivity contribution is 6.07. The van der Waals surface area contributed by atoms with E-state index in [4.69, 9.17) is 5.73 Å². The van der Waals surface area contributed by atoms with Gasteiger partial charge in [-0.05, 0) is 35.9 Å². The van der Waals surface area contributed by atoms with Crippen LogP contribution in [-0.2, 0) is 16.1 Å². The second kappa shape index (κ2) is 9.64. The lowest BCUT2D eigenvalue weighted by atomic mass is 10.0. The van der Waals surface area contributed by atoms with Crippen LogP contribution >= 0.6 is 0 Å². The van der Waals surface area contributed by atoms with Crippen molar-refractivity contribution in [3.8, 4) is 16.9 Å². The van der Waals surface area contributed by atoms with Crippen molar-refractivity contribution in [3.63, 3.8) is 0 Å². The average molecular weight is 503 g/mol. The number of aromatic hydroxyl groups is 1. The molecule has 0 bridgehead atoms. The second-order valence-corrected chi connectivity index (χ2v) is 8.68. The molecular formula is C25H22FN7O4. The van der Waals surface area contributed by atoms with Crippen molar-refractivity contribution in [1.82, 2.24) is 24.6 Å². The SMILES string of the molecule is NC(=O)c1cn(CC(=O)N2C[C@H](F)C[C@H]2C(=O)Nc2ccc(O)cn2)c2ccc(-c3ccnnc3)cc12. The normalized spacial score (nSPS) is 17.2. The maximum absolute atomic E-state index is 14.3. The molecule has 1 saturated heterocycles. The lowest BCUT2D eigenvalue weighted by Crippen LogP contribution is -2.44. The van der Waals surface area contributed by atoms with E-state index in [2.05, 4.69) is 20.5 Å². The molecule has 11 nitrogen and oxygen atoms in total. The van der Waals surface area contributed by atoms with E-state index in [0.717, 1.165) is 17.3 Å². The minimum atomic E-state index is -1.37. The number of anilines is 1. The maximum atomic E-state index is 14.3. The average Bonchev–Trinajstić information content (AvgIpc) is 3.46. The van der Waals surface area contributed by atoms with Gasteiger partial charge in [-0.25, -0.2) is 9.37 Å². The number of rotatable bonds is 6. The summed E-state index contributed by atoms with van der Waals surface area (Å²) in [5.41, 5.74) is 7.99. The largest absolute Gasteiger partial charge is 0.506 e. The van der Waals surface area contributed by atoms with Crippen LogP contribution in [0.1, 0.15) is 16.8 Å². The van der Waals surface area contributed by atoms with Gasteiger partial charge in [-0.3, -0.25) is 14.4 Å². The summed E-state index contributed by atoms with van der Waals surface area (Å²) in [5, 5.41) is 20.1. The van der Waals surface area contributed by atoms with Crippen LogP contribution in [0.15, 0.2) is 61.2 Å².